The first kappa shape index (κ1) is 13.5. The Hall–Kier alpha value is -2.43. The molecule has 0 unspecified atom stereocenters. The Kier molecular flexibility index (Phi) is 3.56. The SMILES string of the molecule is CCCc1c(-c2ccccc2)nc2nc(CC)[nH]n2c1=O. The van der Waals surface area contributed by atoms with Gasteiger partial charge in [0.05, 0.1) is 5.69 Å². The van der Waals surface area contributed by atoms with Crippen molar-refractivity contribution in [3.8, 4) is 11.3 Å². The average Bonchev–Trinajstić information content (AvgIpc) is 2.94. The van der Waals surface area contributed by atoms with E-state index in [-0.39, 0.29) is 5.56 Å². The van der Waals surface area contributed by atoms with Gasteiger partial charge in [-0.05, 0) is 6.42 Å². The molecular weight excluding hydrogens is 264 g/mol. The zero-order valence-electron chi connectivity index (χ0n) is 12.3. The predicted octanol–water partition coefficient (Wildman–Crippen LogP) is 2.60. The summed E-state index contributed by atoms with van der Waals surface area (Å²) in [5.74, 6) is 1.21. The molecule has 2 aromatic heterocycles. The number of aromatic nitrogens is 4. The minimum absolute atomic E-state index is 0.0482. The van der Waals surface area contributed by atoms with Crippen LogP contribution in [0.25, 0.3) is 17.0 Å². The van der Waals surface area contributed by atoms with E-state index in [2.05, 4.69) is 22.0 Å². The lowest BCUT2D eigenvalue weighted by Gasteiger charge is -2.07. The number of nitrogens with zero attached hydrogens (tertiary/aromatic N) is 3. The van der Waals surface area contributed by atoms with E-state index in [1.807, 2.05) is 37.3 Å². The number of hydrogen-bond donors (Lipinski definition) is 1. The van der Waals surface area contributed by atoms with E-state index in [4.69, 9.17) is 0 Å². The van der Waals surface area contributed by atoms with Crippen LogP contribution < -0.4 is 5.56 Å². The van der Waals surface area contributed by atoms with Gasteiger partial charge < -0.3 is 0 Å². The third-order valence-electron chi connectivity index (χ3n) is 3.52. The number of nitrogens with one attached hydrogen (secondary N) is 1. The van der Waals surface area contributed by atoms with Gasteiger partial charge in [-0.25, -0.2) is 4.98 Å². The van der Waals surface area contributed by atoms with Crippen LogP contribution in [0.2, 0.25) is 0 Å². The third-order valence-corrected chi connectivity index (χ3v) is 3.52. The Balaban J connectivity index is 2.31. The van der Waals surface area contributed by atoms with Gasteiger partial charge in [-0.1, -0.05) is 50.6 Å². The molecule has 0 aliphatic carbocycles. The van der Waals surface area contributed by atoms with Crippen molar-refractivity contribution in [3.05, 3.63) is 52.1 Å². The molecule has 1 aromatic carbocycles. The molecule has 3 aromatic rings. The van der Waals surface area contributed by atoms with E-state index >= 15 is 0 Å². The van der Waals surface area contributed by atoms with Crippen LogP contribution in [0.3, 0.4) is 0 Å². The highest BCUT2D eigenvalue weighted by Crippen LogP contribution is 2.20. The molecule has 108 valence electrons. The molecule has 0 bridgehead atoms. The van der Waals surface area contributed by atoms with Gasteiger partial charge in [-0.15, -0.1) is 0 Å². The fourth-order valence-electron chi connectivity index (χ4n) is 2.46. The second-order valence-corrected chi connectivity index (χ2v) is 5.02. The smallest absolute Gasteiger partial charge is 0.275 e. The van der Waals surface area contributed by atoms with Gasteiger partial charge in [0.2, 0.25) is 0 Å². The highest BCUT2D eigenvalue weighted by Gasteiger charge is 2.15. The first-order valence-corrected chi connectivity index (χ1v) is 7.30. The van der Waals surface area contributed by atoms with Crippen LogP contribution in [0, 0.1) is 0 Å². The average molecular weight is 282 g/mol. The maximum atomic E-state index is 12.7. The van der Waals surface area contributed by atoms with Crippen LogP contribution >= 0.6 is 0 Å². The van der Waals surface area contributed by atoms with Gasteiger partial charge in [0.1, 0.15) is 5.82 Å². The summed E-state index contributed by atoms with van der Waals surface area (Å²) < 4.78 is 1.45. The Morgan fingerprint density at radius 3 is 2.57 bits per heavy atom. The molecule has 0 amide bonds. The summed E-state index contributed by atoms with van der Waals surface area (Å²) in [7, 11) is 0. The van der Waals surface area contributed by atoms with Crippen LogP contribution in [-0.4, -0.2) is 19.6 Å². The Morgan fingerprint density at radius 2 is 1.90 bits per heavy atom. The molecule has 0 atom stereocenters. The standard InChI is InChI=1S/C16H18N4O/c1-3-8-12-14(11-9-6-5-7-10-11)18-16-17-13(4-2)19-20(16)15(12)21/h5-7,9-10H,3-4,8H2,1-2H3,(H,17,18,19). The summed E-state index contributed by atoms with van der Waals surface area (Å²) in [6.45, 7) is 4.06. The topological polar surface area (TPSA) is 63.1 Å². The lowest BCUT2D eigenvalue weighted by molar-refractivity contribution is 0.816. The van der Waals surface area contributed by atoms with Crippen molar-refractivity contribution in [1.82, 2.24) is 19.6 Å². The fraction of sp³-hybridized carbons (Fsp3) is 0.312. The molecule has 0 aliphatic rings. The fourth-order valence-corrected chi connectivity index (χ4v) is 2.46. The van der Waals surface area contributed by atoms with Crippen LogP contribution in [0.4, 0.5) is 0 Å². The molecule has 21 heavy (non-hydrogen) atoms. The monoisotopic (exact) mass is 282 g/mol. The maximum Gasteiger partial charge on any atom is 0.277 e. The quantitative estimate of drug-likeness (QED) is 0.800. The van der Waals surface area contributed by atoms with Crippen molar-refractivity contribution < 1.29 is 0 Å². The van der Waals surface area contributed by atoms with Crippen molar-refractivity contribution in [3.63, 3.8) is 0 Å². The first-order valence-electron chi connectivity index (χ1n) is 7.30. The lowest BCUT2D eigenvalue weighted by Crippen LogP contribution is -2.21. The minimum Gasteiger partial charge on any atom is -0.275 e. The summed E-state index contributed by atoms with van der Waals surface area (Å²) >= 11 is 0. The summed E-state index contributed by atoms with van der Waals surface area (Å²) in [6, 6.07) is 9.82. The Labute approximate surface area is 122 Å². The third kappa shape index (κ3) is 2.35. The lowest BCUT2D eigenvalue weighted by atomic mass is 10.0. The summed E-state index contributed by atoms with van der Waals surface area (Å²) in [6.07, 6.45) is 2.35. The molecule has 0 saturated heterocycles. The largest absolute Gasteiger partial charge is 0.277 e. The summed E-state index contributed by atoms with van der Waals surface area (Å²) in [5.41, 5.74) is 2.40. The summed E-state index contributed by atoms with van der Waals surface area (Å²) in [5, 5.41) is 3.02. The molecule has 0 radical (unpaired) electrons. The van der Waals surface area contributed by atoms with Crippen LogP contribution in [0.15, 0.2) is 35.1 Å². The molecule has 1 N–H and O–H groups in total. The van der Waals surface area contributed by atoms with Crippen molar-refractivity contribution in [2.75, 3.05) is 0 Å². The van der Waals surface area contributed by atoms with E-state index in [0.717, 1.165) is 35.5 Å². The molecule has 0 aliphatic heterocycles. The minimum atomic E-state index is -0.0482. The van der Waals surface area contributed by atoms with Crippen molar-refractivity contribution >= 4 is 5.78 Å². The van der Waals surface area contributed by atoms with E-state index in [0.29, 0.717) is 12.2 Å². The number of aryl methyl sites for hydroxylation is 1. The zero-order valence-corrected chi connectivity index (χ0v) is 12.3. The number of benzene rings is 1. The normalized spacial score (nSPS) is 11.1. The second-order valence-electron chi connectivity index (χ2n) is 5.02. The second kappa shape index (κ2) is 5.52. The van der Waals surface area contributed by atoms with E-state index in [1.165, 1.54) is 4.52 Å². The van der Waals surface area contributed by atoms with Gasteiger partial charge in [-0.2, -0.15) is 9.50 Å². The number of aromatic amines is 1. The van der Waals surface area contributed by atoms with Crippen molar-refractivity contribution in [2.24, 2.45) is 0 Å². The van der Waals surface area contributed by atoms with Gasteiger partial charge in [-0.3, -0.25) is 9.89 Å². The van der Waals surface area contributed by atoms with Gasteiger partial charge in [0, 0.05) is 17.5 Å². The molecule has 0 saturated carbocycles. The van der Waals surface area contributed by atoms with E-state index < -0.39 is 0 Å². The number of fused-ring (bicyclic) bond motifs is 1. The molecule has 0 fully saturated rings. The molecular formula is C16H18N4O. The van der Waals surface area contributed by atoms with E-state index in [1.54, 1.807) is 0 Å². The summed E-state index contributed by atoms with van der Waals surface area (Å²) in [4.78, 5) is 21.7. The number of hydrogen-bond acceptors (Lipinski definition) is 3. The van der Waals surface area contributed by atoms with Crippen LogP contribution in [-0.2, 0) is 12.8 Å². The number of H-pyrrole nitrogens is 1. The zero-order chi connectivity index (χ0) is 14.8. The van der Waals surface area contributed by atoms with E-state index in [9.17, 15) is 4.79 Å². The van der Waals surface area contributed by atoms with Gasteiger partial charge >= 0.3 is 0 Å². The Morgan fingerprint density at radius 1 is 1.14 bits per heavy atom. The predicted molar refractivity (Wildman–Crippen MR) is 82.4 cm³/mol. The van der Waals surface area contributed by atoms with Gasteiger partial charge in [0.15, 0.2) is 0 Å². The molecule has 5 heteroatoms. The molecule has 3 rings (SSSR count). The highest BCUT2D eigenvalue weighted by atomic mass is 16.1. The number of rotatable bonds is 4. The molecule has 5 nitrogen and oxygen atoms in total. The molecule has 2 heterocycles. The van der Waals surface area contributed by atoms with Crippen molar-refractivity contribution in [2.45, 2.75) is 33.1 Å². The maximum absolute atomic E-state index is 12.7. The Bertz CT molecular complexity index is 817. The molecule has 0 spiro atoms. The highest BCUT2D eigenvalue weighted by molar-refractivity contribution is 5.64. The van der Waals surface area contributed by atoms with Crippen LogP contribution in [0.5, 0.6) is 0 Å². The van der Waals surface area contributed by atoms with Crippen LogP contribution in [0.1, 0.15) is 31.7 Å². The van der Waals surface area contributed by atoms with Crippen molar-refractivity contribution in [1.29, 1.82) is 0 Å². The van der Waals surface area contributed by atoms with Gasteiger partial charge in [0.25, 0.3) is 11.3 Å². The first-order chi connectivity index (χ1) is 10.2.